The molecule has 1 nitrogen and oxygen atoms in total. The van der Waals surface area contributed by atoms with E-state index in [1.165, 1.54) is 0 Å². The van der Waals surface area contributed by atoms with Gasteiger partial charge in [-0.2, -0.15) is 0 Å². The topological polar surface area (TPSA) is 20.2 Å². The molecule has 1 heteroatoms. The van der Waals surface area contributed by atoms with Crippen molar-refractivity contribution in [3.8, 4) is 0 Å². The molecule has 1 atom stereocenters. The van der Waals surface area contributed by atoms with Crippen molar-refractivity contribution in [2.75, 3.05) is 0 Å². The van der Waals surface area contributed by atoms with Gasteiger partial charge in [-0.3, -0.25) is 0 Å². The lowest BCUT2D eigenvalue weighted by atomic mass is 9.91. The average Bonchev–Trinajstić information content (AvgIpc) is 2.51. The van der Waals surface area contributed by atoms with Crippen molar-refractivity contribution >= 4 is 32.3 Å². The highest BCUT2D eigenvalue weighted by Gasteiger charge is 2.12. The molecule has 0 fully saturated rings. The van der Waals surface area contributed by atoms with Gasteiger partial charge in [0.15, 0.2) is 0 Å². The molecule has 4 aromatic rings. The first-order chi connectivity index (χ1) is 10.5. The van der Waals surface area contributed by atoms with Crippen LogP contribution in [0.2, 0.25) is 0 Å². The average molecular weight is 249 g/mol. The predicted octanol–water partition coefficient (Wildman–Crippen LogP) is 4.64. The van der Waals surface area contributed by atoms with Gasteiger partial charge in [-0.05, 0) is 44.7 Å². The quantitative estimate of drug-likeness (QED) is 0.487. The summed E-state index contributed by atoms with van der Waals surface area (Å²) in [7, 11) is 0. The van der Waals surface area contributed by atoms with E-state index in [2.05, 4.69) is 6.07 Å². The maximum absolute atomic E-state index is 10.2. The summed E-state index contributed by atoms with van der Waals surface area (Å²) in [6.45, 7) is -2.43. The third-order valence-electron chi connectivity index (χ3n) is 3.86. The highest BCUT2D eigenvalue weighted by Crippen LogP contribution is 2.37. The minimum absolute atomic E-state index is 0.464. The summed E-state index contributed by atoms with van der Waals surface area (Å²) in [6.07, 6.45) is -1.47. The van der Waals surface area contributed by atoms with Crippen LogP contribution in [0, 0.1) is 0 Å². The molecule has 92 valence electrons. The number of hydrogen-bond acceptors (Lipinski definition) is 1. The zero-order valence-corrected chi connectivity index (χ0v) is 10.2. The maximum atomic E-state index is 10.2. The smallest absolute Gasteiger partial charge is 0.0767 e. The molecule has 0 radical (unpaired) electrons. The largest absolute Gasteiger partial charge is 0.389 e. The fourth-order valence-corrected chi connectivity index (χ4v) is 3.00. The van der Waals surface area contributed by atoms with E-state index in [0.29, 0.717) is 5.56 Å². The molecule has 4 rings (SSSR count). The monoisotopic (exact) mass is 249 g/mol. The summed E-state index contributed by atoms with van der Waals surface area (Å²) in [5.74, 6) is 0. The van der Waals surface area contributed by atoms with Crippen molar-refractivity contribution in [2.24, 2.45) is 0 Å². The van der Waals surface area contributed by atoms with Crippen LogP contribution in [-0.2, 0) is 0 Å². The lowest BCUT2D eigenvalue weighted by Crippen LogP contribution is -1.94. The molecular weight excluding hydrogens is 232 g/mol. The van der Waals surface area contributed by atoms with E-state index in [1.54, 1.807) is 6.07 Å². The van der Waals surface area contributed by atoms with Crippen molar-refractivity contribution in [1.82, 2.24) is 0 Å². The second-order valence-corrected chi connectivity index (χ2v) is 4.91. The first-order valence-corrected chi connectivity index (χ1v) is 6.31. The molecule has 0 spiro atoms. The fraction of sp³-hybridized carbons (Fsp3) is 0.111. The van der Waals surface area contributed by atoms with Crippen LogP contribution < -0.4 is 0 Å². The van der Waals surface area contributed by atoms with Crippen LogP contribution in [0.3, 0.4) is 0 Å². The van der Waals surface area contributed by atoms with Gasteiger partial charge in [-0.25, -0.2) is 0 Å². The Morgan fingerprint density at radius 3 is 2.21 bits per heavy atom. The Kier molecular flexibility index (Phi) is 1.58. The van der Waals surface area contributed by atoms with Gasteiger partial charge >= 0.3 is 0 Å². The summed E-state index contributed by atoms with van der Waals surface area (Å²) in [6, 6.07) is 17.7. The Morgan fingerprint density at radius 2 is 1.47 bits per heavy atom. The molecule has 0 saturated carbocycles. The predicted molar refractivity (Wildman–Crippen MR) is 80.8 cm³/mol. The van der Waals surface area contributed by atoms with Crippen LogP contribution in [0.25, 0.3) is 32.3 Å². The van der Waals surface area contributed by atoms with E-state index >= 15 is 0 Å². The Labute approximate surface area is 115 Å². The lowest BCUT2D eigenvalue weighted by molar-refractivity contribution is 0.201. The van der Waals surface area contributed by atoms with E-state index in [-0.39, 0.29) is 0 Å². The number of benzene rings is 4. The van der Waals surface area contributed by atoms with Gasteiger partial charge in [-0.1, -0.05) is 54.6 Å². The normalized spacial score (nSPS) is 16.6. The van der Waals surface area contributed by atoms with E-state index in [9.17, 15) is 5.11 Å². The zero-order chi connectivity index (χ0) is 15.5. The molecule has 0 heterocycles. The molecule has 0 aliphatic rings. The minimum Gasteiger partial charge on any atom is -0.389 e. The van der Waals surface area contributed by atoms with Gasteiger partial charge in [0.2, 0.25) is 0 Å². The summed E-state index contributed by atoms with van der Waals surface area (Å²) >= 11 is 0. The van der Waals surface area contributed by atoms with E-state index in [4.69, 9.17) is 4.11 Å². The number of aliphatic hydroxyl groups excluding tert-OH is 1. The second-order valence-electron chi connectivity index (χ2n) is 4.91. The highest BCUT2D eigenvalue weighted by atomic mass is 16.3. The standard InChI is InChI=1S/C18H14O/c1-11(19)15-9-7-14-6-5-12-3-2-4-13-8-10-16(15)18(14)17(12)13/h2-11,19H,1H3/i1D3. The van der Waals surface area contributed by atoms with E-state index in [1.807, 2.05) is 42.5 Å². The Morgan fingerprint density at radius 1 is 0.842 bits per heavy atom. The Balaban J connectivity index is 2.17. The molecule has 0 amide bonds. The van der Waals surface area contributed by atoms with Crippen molar-refractivity contribution in [3.05, 3.63) is 60.2 Å². The summed E-state index contributed by atoms with van der Waals surface area (Å²) in [4.78, 5) is 0. The van der Waals surface area contributed by atoms with Crippen molar-refractivity contribution < 1.29 is 9.22 Å². The van der Waals surface area contributed by atoms with Crippen LogP contribution in [0.5, 0.6) is 0 Å². The summed E-state index contributed by atoms with van der Waals surface area (Å²) in [5.41, 5.74) is 0.464. The van der Waals surface area contributed by atoms with E-state index < -0.39 is 13.0 Å². The Bertz CT molecular complexity index is 972. The van der Waals surface area contributed by atoms with Crippen molar-refractivity contribution in [2.45, 2.75) is 13.0 Å². The zero-order valence-electron chi connectivity index (χ0n) is 13.2. The van der Waals surface area contributed by atoms with Gasteiger partial charge in [0, 0.05) is 4.11 Å². The fourth-order valence-electron chi connectivity index (χ4n) is 3.00. The minimum atomic E-state index is -2.43. The molecular formula is C18H14O. The van der Waals surface area contributed by atoms with Crippen molar-refractivity contribution in [1.29, 1.82) is 0 Å². The molecule has 0 bridgehead atoms. The number of rotatable bonds is 1. The van der Waals surface area contributed by atoms with Gasteiger partial charge in [0.25, 0.3) is 0 Å². The van der Waals surface area contributed by atoms with Gasteiger partial charge in [0.1, 0.15) is 0 Å². The molecule has 19 heavy (non-hydrogen) atoms. The van der Waals surface area contributed by atoms with Crippen LogP contribution >= 0.6 is 0 Å². The SMILES string of the molecule is [2H]C([2H])([2H])C(O)c1ccc2ccc3cccc4ccc1c2c34. The molecule has 0 aliphatic heterocycles. The molecule has 0 aromatic heterocycles. The third-order valence-corrected chi connectivity index (χ3v) is 3.86. The second kappa shape index (κ2) is 3.69. The van der Waals surface area contributed by atoms with Crippen LogP contribution in [0.1, 0.15) is 22.6 Å². The van der Waals surface area contributed by atoms with Gasteiger partial charge in [0.05, 0.1) is 6.10 Å². The van der Waals surface area contributed by atoms with Crippen LogP contribution in [0.4, 0.5) is 0 Å². The van der Waals surface area contributed by atoms with Crippen molar-refractivity contribution in [3.63, 3.8) is 0 Å². The van der Waals surface area contributed by atoms with Crippen LogP contribution in [-0.4, -0.2) is 5.11 Å². The highest BCUT2D eigenvalue weighted by molar-refractivity contribution is 6.23. The van der Waals surface area contributed by atoms with Gasteiger partial charge < -0.3 is 5.11 Å². The molecule has 0 aliphatic carbocycles. The molecule has 1 N–H and O–H groups in total. The number of aliphatic hydroxyl groups is 1. The summed E-state index contributed by atoms with van der Waals surface area (Å²) < 4.78 is 22.5. The molecule has 0 saturated heterocycles. The lowest BCUT2D eigenvalue weighted by Gasteiger charge is -2.15. The number of hydrogen-bond donors (Lipinski definition) is 1. The van der Waals surface area contributed by atoms with Crippen LogP contribution in [0.15, 0.2) is 54.6 Å². The summed E-state index contributed by atoms with van der Waals surface area (Å²) in [5, 5.41) is 16.5. The van der Waals surface area contributed by atoms with E-state index in [0.717, 1.165) is 32.3 Å². The molecule has 4 aromatic carbocycles. The first-order valence-electron chi connectivity index (χ1n) is 7.81. The Hall–Kier alpha value is -2.12. The third kappa shape index (κ3) is 1.39. The molecule has 1 unspecified atom stereocenters. The maximum Gasteiger partial charge on any atom is 0.0767 e. The van der Waals surface area contributed by atoms with Gasteiger partial charge in [-0.15, -0.1) is 0 Å². The first kappa shape index (κ1) is 8.13.